The van der Waals surface area contributed by atoms with Crippen molar-refractivity contribution in [3.8, 4) is 0 Å². The molecule has 37 heavy (non-hydrogen) atoms. The average Bonchev–Trinajstić information content (AvgIpc) is 3.44. The quantitative estimate of drug-likeness (QED) is 0.514. The van der Waals surface area contributed by atoms with Gasteiger partial charge in [-0.1, -0.05) is 32.4 Å². The molecule has 2 saturated heterocycles. The van der Waals surface area contributed by atoms with Crippen LogP contribution >= 0.6 is 0 Å². The van der Waals surface area contributed by atoms with Gasteiger partial charge in [0.1, 0.15) is 0 Å². The Balaban J connectivity index is 1.05. The van der Waals surface area contributed by atoms with Crippen LogP contribution < -0.4 is 0 Å². The van der Waals surface area contributed by atoms with Crippen molar-refractivity contribution in [3.05, 3.63) is 11.6 Å². The summed E-state index contributed by atoms with van der Waals surface area (Å²) in [4.78, 5) is 28.8. The SMILES string of the molecule is CC(=O)N1CCC2(C1)CN(C(=O)CCC(C)[C@H]1CC[C@H]3[C@@H]4CC=C5C[C@@H](O)CC[C@]5(C)[C@H]4CC[C@]13C)C2. The third-order valence-electron chi connectivity index (χ3n) is 12.9. The van der Waals surface area contributed by atoms with Gasteiger partial charge in [-0.3, -0.25) is 9.59 Å². The molecule has 4 aliphatic carbocycles. The van der Waals surface area contributed by atoms with Gasteiger partial charge in [0.15, 0.2) is 0 Å². The molecule has 2 aliphatic heterocycles. The Morgan fingerprint density at radius 3 is 2.51 bits per heavy atom. The predicted molar refractivity (Wildman–Crippen MR) is 145 cm³/mol. The van der Waals surface area contributed by atoms with E-state index in [-0.39, 0.29) is 17.4 Å². The van der Waals surface area contributed by atoms with E-state index in [0.717, 1.165) is 82.0 Å². The van der Waals surface area contributed by atoms with Crippen LogP contribution in [0.2, 0.25) is 0 Å². The molecule has 6 aliphatic rings. The maximum Gasteiger partial charge on any atom is 0.222 e. The lowest BCUT2D eigenvalue weighted by atomic mass is 9.47. The Hall–Kier alpha value is -1.36. The van der Waals surface area contributed by atoms with Gasteiger partial charge in [0.2, 0.25) is 11.8 Å². The van der Waals surface area contributed by atoms with Crippen molar-refractivity contribution in [3.63, 3.8) is 0 Å². The van der Waals surface area contributed by atoms with Gasteiger partial charge < -0.3 is 14.9 Å². The molecular formula is C32H50N2O3. The fourth-order valence-electron chi connectivity index (χ4n) is 10.7. The second kappa shape index (κ2) is 9.10. The Kier molecular flexibility index (Phi) is 6.37. The Bertz CT molecular complexity index is 969. The minimum atomic E-state index is -0.126. The van der Waals surface area contributed by atoms with Crippen LogP contribution in [0.15, 0.2) is 11.6 Å². The lowest BCUT2D eigenvalue weighted by Gasteiger charge is -2.58. The molecule has 5 nitrogen and oxygen atoms in total. The van der Waals surface area contributed by atoms with Crippen molar-refractivity contribution in [2.75, 3.05) is 26.2 Å². The van der Waals surface area contributed by atoms with Gasteiger partial charge in [0, 0.05) is 44.9 Å². The molecule has 1 N–H and O–H groups in total. The zero-order chi connectivity index (χ0) is 26.2. The fourth-order valence-corrected chi connectivity index (χ4v) is 10.7. The lowest BCUT2D eigenvalue weighted by molar-refractivity contribution is -0.143. The Morgan fingerprint density at radius 1 is 1.03 bits per heavy atom. The number of nitrogens with zero attached hydrogens (tertiary/aromatic N) is 2. The number of amides is 2. The van der Waals surface area contributed by atoms with Crippen LogP contribution in [0.5, 0.6) is 0 Å². The van der Waals surface area contributed by atoms with E-state index in [4.69, 9.17) is 0 Å². The maximum atomic E-state index is 13.1. The number of carbonyl (C=O) groups excluding carboxylic acids is 2. The summed E-state index contributed by atoms with van der Waals surface area (Å²) in [5.74, 6) is 4.25. The summed E-state index contributed by atoms with van der Waals surface area (Å²) in [6.07, 6.45) is 14.8. The largest absolute Gasteiger partial charge is 0.393 e. The highest BCUT2D eigenvalue weighted by molar-refractivity contribution is 5.77. The monoisotopic (exact) mass is 510 g/mol. The molecule has 0 radical (unpaired) electrons. The van der Waals surface area contributed by atoms with E-state index < -0.39 is 0 Å². The van der Waals surface area contributed by atoms with Crippen LogP contribution in [-0.2, 0) is 9.59 Å². The standard InChI is InChI=1S/C32H50N2O3/c1-21(5-10-29(37)34-19-32(20-34)15-16-33(18-32)22(2)35)26-8-9-27-25-7-6-23-17-24(36)11-13-30(23,3)28(25)12-14-31(26,27)4/h6,21,24-28,36H,5,7-20H2,1-4H3/t21?,24-,25-,26+,27-,28-,30-,31+/m0/s1. The van der Waals surface area contributed by atoms with Crippen molar-refractivity contribution >= 4 is 11.8 Å². The molecule has 6 rings (SSSR count). The number of likely N-dealkylation sites (tertiary alicyclic amines) is 2. The van der Waals surface area contributed by atoms with Crippen molar-refractivity contribution in [1.82, 2.24) is 9.80 Å². The predicted octanol–water partition coefficient (Wildman–Crippen LogP) is 5.42. The summed E-state index contributed by atoms with van der Waals surface area (Å²) in [6, 6.07) is 0. The third kappa shape index (κ3) is 4.12. The zero-order valence-corrected chi connectivity index (χ0v) is 23.8. The van der Waals surface area contributed by atoms with Gasteiger partial charge in [0.25, 0.3) is 0 Å². The second-order valence-corrected chi connectivity index (χ2v) is 14.8. The molecule has 2 heterocycles. The molecule has 0 aromatic carbocycles. The molecule has 5 fully saturated rings. The number of fused-ring (bicyclic) bond motifs is 5. The lowest BCUT2D eigenvalue weighted by Crippen LogP contribution is -2.59. The maximum absolute atomic E-state index is 13.1. The zero-order valence-electron chi connectivity index (χ0n) is 23.8. The first-order valence-corrected chi connectivity index (χ1v) is 15.5. The van der Waals surface area contributed by atoms with Gasteiger partial charge in [-0.05, 0) is 105 Å². The molecule has 1 spiro atoms. The molecular weight excluding hydrogens is 460 g/mol. The van der Waals surface area contributed by atoms with Crippen molar-refractivity contribution < 1.29 is 14.7 Å². The topological polar surface area (TPSA) is 60.9 Å². The summed E-state index contributed by atoms with van der Waals surface area (Å²) in [5, 5.41) is 10.3. The van der Waals surface area contributed by atoms with E-state index in [9.17, 15) is 14.7 Å². The number of carbonyl (C=O) groups is 2. The number of hydrogen-bond donors (Lipinski definition) is 1. The molecule has 2 amide bonds. The van der Waals surface area contributed by atoms with E-state index in [2.05, 4.69) is 31.7 Å². The molecule has 206 valence electrons. The minimum Gasteiger partial charge on any atom is -0.393 e. The van der Waals surface area contributed by atoms with E-state index in [0.29, 0.717) is 29.1 Å². The van der Waals surface area contributed by atoms with Gasteiger partial charge in [-0.2, -0.15) is 0 Å². The highest BCUT2D eigenvalue weighted by Crippen LogP contribution is 2.67. The summed E-state index contributed by atoms with van der Waals surface area (Å²) in [5.41, 5.74) is 2.48. The van der Waals surface area contributed by atoms with Gasteiger partial charge in [0.05, 0.1) is 6.10 Å². The van der Waals surface area contributed by atoms with E-state index in [1.54, 1.807) is 12.5 Å². The van der Waals surface area contributed by atoms with Crippen LogP contribution in [0.4, 0.5) is 0 Å². The molecule has 3 saturated carbocycles. The second-order valence-electron chi connectivity index (χ2n) is 14.8. The average molecular weight is 511 g/mol. The number of aliphatic hydroxyl groups excluding tert-OH is 1. The first-order chi connectivity index (χ1) is 17.5. The highest BCUT2D eigenvalue weighted by atomic mass is 16.3. The van der Waals surface area contributed by atoms with Crippen LogP contribution in [-0.4, -0.2) is 59.0 Å². The summed E-state index contributed by atoms with van der Waals surface area (Å²) in [7, 11) is 0. The molecule has 1 unspecified atom stereocenters. The first kappa shape index (κ1) is 25.9. The van der Waals surface area contributed by atoms with E-state index in [1.807, 2.05) is 4.90 Å². The van der Waals surface area contributed by atoms with Crippen molar-refractivity contribution in [1.29, 1.82) is 0 Å². The molecule has 0 aromatic heterocycles. The summed E-state index contributed by atoms with van der Waals surface area (Å²) in [6.45, 7) is 12.6. The van der Waals surface area contributed by atoms with Crippen molar-refractivity contribution in [2.45, 2.75) is 104 Å². The number of aliphatic hydroxyl groups is 1. The van der Waals surface area contributed by atoms with Crippen molar-refractivity contribution in [2.24, 2.45) is 45.8 Å². The van der Waals surface area contributed by atoms with Gasteiger partial charge >= 0.3 is 0 Å². The normalized spacial score (nSPS) is 42.9. The van der Waals surface area contributed by atoms with E-state index >= 15 is 0 Å². The number of hydrogen-bond acceptors (Lipinski definition) is 3. The fraction of sp³-hybridized carbons (Fsp3) is 0.875. The van der Waals surface area contributed by atoms with Gasteiger partial charge in [-0.15, -0.1) is 0 Å². The first-order valence-electron chi connectivity index (χ1n) is 15.5. The number of rotatable bonds is 4. The third-order valence-corrected chi connectivity index (χ3v) is 12.9. The molecule has 8 atom stereocenters. The van der Waals surface area contributed by atoms with Crippen LogP contribution in [0.25, 0.3) is 0 Å². The minimum absolute atomic E-state index is 0.126. The van der Waals surface area contributed by atoms with Crippen LogP contribution in [0.3, 0.4) is 0 Å². The number of allylic oxidation sites excluding steroid dienone is 1. The highest BCUT2D eigenvalue weighted by Gasteiger charge is 2.59. The molecule has 0 aromatic rings. The summed E-state index contributed by atoms with van der Waals surface area (Å²) >= 11 is 0. The van der Waals surface area contributed by atoms with Crippen LogP contribution in [0, 0.1) is 45.8 Å². The van der Waals surface area contributed by atoms with E-state index in [1.165, 1.54) is 32.1 Å². The smallest absolute Gasteiger partial charge is 0.222 e. The molecule has 0 bridgehead atoms. The summed E-state index contributed by atoms with van der Waals surface area (Å²) < 4.78 is 0. The molecule has 5 heteroatoms. The Labute approximate surface area is 224 Å². The van der Waals surface area contributed by atoms with Gasteiger partial charge in [-0.25, -0.2) is 0 Å². The van der Waals surface area contributed by atoms with Crippen LogP contribution in [0.1, 0.15) is 98.3 Å². The Morgan fingerprint density at radius 2 is 1.78 bits per heavy atom.